The van der Waals surface area contributed by atoms with Crippen molar-refractivity contribution in [3.05, 3.63) is 21.3 Å². The van der Waals surface area contributed by atoms with Crippen LogP contribution in [0.4, 0.5) is 13.2 Å². The summed E-state index contributed by atoms with van der Waals surface area (Å²) in [6.07, 6.45) is -4.84. The third-order valence-corrected chi connectivity index (χ3v) is 2.42. The molecule has 0 spiro atoms. The maximum atomic E-state index is 11.8. The molecule has 0 unspecified atom stereocenters. The standard InChI is InChI=1S/C6H2ClF3OS/c7-3-1-2-12-4(3)5(11)6(8,9)10/h1-2H. The number of hydrogen-bond donors (Lipinski definition) is 0. The van der Waals surface area contributed by atoms with E-state index in [9.17, 15) is 18.0 Å². The van der Waals surface area contributed by atoms with Crippen LogP contribution in [0.2, 0.25) is 5.02 Å². The molecule has 0 N–H and O–H groups in total. The average Bonchev–Trinajstić information content (AvgIpc) is 2.31. The molecule has 0 amide bonds. The Hall–Kier alpha value is -0.550. The molecular formula is C6H2ClF3OS. The van der Waals surface area contributed by atoms with Crippen LogP contribution in [0.3, 0.4) is 0 Å². The van der Waals surface area contributed by atoms with Crippen LogP contribution >= 0.6 is 22.9 Å². The molecule has 0 saturated carbocycles. The number of carbonyl (C=O) groups excluding carboxylic acids is 1. The second-order valence-corrected chi connectivity index (χ2v) is 3.25. The van der Waals surface area contributed by atoms with E-state index in [1.54, 1.807) is 0 Å². The molecule has 1 aromatic rings. The lowest BCUT2D eigenvalue weighted by molar-refractivity contribution is -0.0882. The Morgan fingerprint density at radius 1 is 1.50 bits per heavy atom. The van der Waals surface area contributed by atoms with Gasteiger partial charge in [-0.15, -0.1) is 11.3 Å². The van der Waals surface area contributed by atoms with Crippen molar-refractivity contribution < 1.29 is 18.0 Å². The SMILES string of the molecule is O=C(c1sccc1Cl)C(F)(F)F. The van der Waals surface area contributed by atoms with Gasteiger partial charge in [-0.2, -0.15) is 13.2 Å². The molecule has 1 nitrogen and oxygen atoms in total. The van der Waals surface area contributed by atoms with E-state index >= 15 is 0 Å². The van der Waals surface area contributed by atoms with Gasteiger partial charge in [0.1, 0.15) is 0 Å². The Labute approximate surface area is 74.8 Å². The number of Topliss-reactive ketones (excluding diaryl/α,β-unsaturated/α-hetero) is 1. The van der Waals surface area contributed by atoms with Gasteiger partial charge in [0.05, 0.1) is 9.90 Å². The van der Waals surface area contributed by atoms with E-state index in [1.807, 2.05) is 0 Å². The van der Waals surface area contributed by atoms with E-state index < -0.39 is 16.8 Å². The van der Waals surface area contributed by atoms with E-state index in [0.717, 1.165) is 0 Å². The summed E-state index contributed by atoms with van der Waals surface area (Å²) >= 11 is 6.01. The fourth-order valence-corrected chi connectivity index (χ4v) is 1.69. The summed E-state index contributed by atoms with van der Waals surface area (Å²) < 4.78 is 35.4. The van der Waals surface area contributed by atoms with Crippen LogP contribution in [0.25, 0.3) is 0 Å². The van der Waals surface area contributed by atoms with Crippen molar-refractivity contribution in [1.29, 1.82) is 0 Å². The molecular weight excluding hydrogens is 213 g/mol. The predicted molar refractivity (Wildman–Crippen MR) is 39.7 cm³/mol. The highest BCUT2D eigenvalue weighted by Crippen LogP contribution is 2.29. The third-order valence-electron chi connectivity index (χ3n) is 1.08. The maximum absolute atomic E-state index is 11.8. The van der Waals surface area contributed by atoms with E-state index in [4.69, 9.17) is 11.6 Å². The quantitative estimate of drug-likeness (QED) is 0.657. The predicted octanol–water partition coefficient (Wildman–Crippen LogP) is 3.15. The van der Waals surface area contributed by atoms with Crippen molar-refractivity contribution >= 4 is 28.7 Å². The van der Waals surface area contributed by atoms with Gasteiger partial charge < -0.3 is 0 Å². The van der Waals surface area contributed by atoms with Gasteiger partial charge in [-0.1, -0.05) is 11.6 Å². The van der Waals surface area contributed by atoms with Crippen LogP contribution in [0.5, 0.6) is 0 Å². The lowest BCUT2D eigenvalue weighted by atomic mass is 10.3. The molecule has 0 fully saturated rings. The molecule has 0 saturated heterocycles. The lowest BCUT2D eigenvalue weighted by Gasteiger charge is -2.01. The first kappa shape index (κ1) is 9.54. The highest BCUT2D eigenvalue weighted by molar-refractivity contribution is 7.12. The minimum atomic E-state index is -4.84. The molecule has 0 radical (unpaired) electrons. The zero-order chi connectivity index (χ0) is 9.35. The van der Waals surface area contributed by atoms with Crippen molar-refractivity contribution in [1.82, 2.24) is 0 Å². The van der Waals surface area contributed by atoms with E-state index in [0.29, 0.717) is 11.3 Å². The van der Waals surface area contributed by atoms with Gasteiger partial charge in [0.25, 0.3) is 5.78 Å². The van der Waals surface area contributed by atoms with Crippen molar-refractivity contribution in [2.24, 2.45) is 0 Å². The first-order valence-corrected chi connectivity index (χ1v) is 4.03. The summed E-state index contributed by atoms with van der Waals surface area (Å²) in [5, 5.41) is 1.18. The first-order valence-electron chi connectivity index (χ1n) is 2.77. The van der Waals surface area contributed by atoms with Crippen LogP contribution < -0.4 is 0 Å². The fourth-order valence-electron chi connectivity index (χ4n) is 0.584. The van der Waals surface area contributed by atoms with Gasteiger partial charge in [0.15, 0.2) is 0 Å². The molecule has 0 aliphatic heterocycles. The molecule has 0 atom stereocenters. The molecule has 1 rings (SSSR count). The summed E-state index contributed by atoms with van der Waals surface area (Å²) in [7, 11) is 0. The number of carbonyl (C=O) groups is 1. The van der Waals surface area contributed by atoms with Crippen LogP contribution in [-0.4, -0.2) is 12.0 Å². The minimum Gasteiger partial charge on any atom is -0.283 e. The van der Waals surface area contributed by atoms with Crippen molar-refractivity contribution in [3.8, 4) is 0 Å². The fraction of sp³-hybridized carbons (Fsp3) is 0.167. The summed E-state index contributed by atoms with van der Waals surface area (Å²) in [6.45, 7) is 0. The van der Waals surface area contributed by atoms with Crippen molar-refractivity contribution in [2.45, 2.75) is 6.18 Å². The number of hydrogen-bond acceptors (Lipinski definition) is 2. The number of ketones is 1. The number of thiophene rings is 1. The Morgan fingerprint density at radius 2 is 2.08 bits per heavy atom. The Morgan fingerprint density at radius 3 is 2.42 bits per heavy atom. The lowest BCUT2D eigenvalue weighted by Crippen LogP contribution is -2.21. The maximum Gasteiger partial charge on any atom is 0.455 e. The highest BCUT2D eigenvalue weighted by atomic mass is 35.5. The second-order valence-electron chi connectivity index (χ2n) is 1.92. The van der Waals surface area contributed by atoms with Gasteiger partial charge >= 0.3 is 6.18 Å². The van der Waals surface area contributed by atoms with E-state index in [-0.39, 0.29) is 5.02 Å². The zero-order valence-electron chi connectivity index (χ0n) is 5.48. The Kier molecular flexibility index (Phi) is 2.44. The average molecular weight is 215 g/mol. The van der Waals surface area contributed by atoms with E-state index in [2.05, 4.69) is 0 Å². The summed E-state index contributed by atoms with van der Waals surface area (Å²) in [5.41, 5.74) is 0. The Bertz CT molecular complexity index is 304. The van der Waals surface area contributed by atoms with E-state index in [1.165, 1.54) is 11.4 Å². The Balaban J connectivity index is 3.01. The minimum absolute atomic E-state index is 0.151. The summed E-state index contributed by atoms with van der Waals surface area (Å²) in [6, 6.07) is 1.26. The molecule has 0 aliphatic rings. The molecule has 0 aromatic carbocycles. The van der Waals surface area contributed by atoms with Crippen LogP contribution in [-0.2, 0) is 0 Å². The number of rotatable bonds is 1. The van der Waals surface area contributed by atoms with Crippen molar-refractivity contribution in [3.63, 3.8) is 0 Å². The molecule has 1 heterocycles. The number of alkyl halides is 3. The monoisotopic (exact) mass is 214 g/mol. The smallest absolute Gasteiger partial charge is 0.283 e. The van der Waals surface area contributed by atoms with Crippen molar-refractivity contribution in [2.75, 3.05) is 0 Å². The van der Waals surface area contributed by atoms with Gasteiger partial charge in [0.2, 0.25) is 0 Å². The largest absolute Gasteiger partial charge is 0.455 e. The molecule has 6 heteroatoms. The van der Waals surface area contributed by atoms with Crippen LogP contribution in [0, 0.1) is 0 Å². The van der Waals surface area contributed by atoms with Gasteiger partial charge in [-0.3, -0.25) is 4.79 Å². The second kappa shape index (κ2) is 3.06. The molecule has 1 aromatic heterocycles. The zero-order valence-corrected chi connectivity index (χ0v) is 7.06. The van der Waals surface area contributed by atoms with Gasteiger partial charge in [-0.05, 0) is 11.4 Å². The topological polar surface area (TPSA) is 17.1 Å². The summed E-state index contributed by atoms with van der Waals surface area (Å²) in [4.78, 5) is 10.1. The van der Waals surface area contributed by atoms with Crippen LogP contribution in [0.15, 0.2) is 11.4 Å². The summed E-state index contributed by atoms with van der Waals surface area (Å²) in [5.74, 6) is -1.89. The third kappa shape index (κ3) is 1.78. The van der Waals surface area contributed by atoms with Crippen LogP contribution in [0.1, 0.15) is 9.67 Å². The molecule has 66 valence electrons. The normalized spacial score (nSPS) is 11.7. The molecule has 0 aliphatic carbocycles. The van der Waals surface area contributed by atoms with Gasteiger partial charge in [-0.25, -0.2) is 0 Å². The number of halogens is 4. The molecule has 0 bridgehead atoms. The van der Waals surface area contributed by atoms with Gasteiger partial charge in [0, 0.05) is 0 Å². The molecule has 12 heavy (non-hydrogen) atoms. The highest BCUT2D eigenvalue weighted by Gasteiger charge is 2.40. The first-order chi connectivity index (χ1) is 5.43.